The summed E-state index contributed by atoms with van der Waals surface area (Å²) >= 11 is 0. The van der Waals surface area contributed by atoms with Crippen molar-refractivity contribution >= 4 is 11.8 Å². The highest BCUT2D eigenvalue weighted by Gasteiger charge is 2.28. The number of hydrogen-bond donors (Lipinski definition) is 1. The molecule has 1 aromatic heterocycles. The summed E-state index contributed by atoms with van der Waals surface area (Å²) in [5.74, 6) is -0.847. The van der Waals surface area contributed by atoms with Crippen molar-refractivity contribution in [3.63, 3.8) is 0 Å². The van der Waals surface area contributed by atoms with Crippen LogP contribution in [0.5, 0.6) is 0 Å². The van der Waals surface area contributed by atoms with Gasteiger partial charge in [0.25, 0.3) is 5.91 Å². The van der Waals surface area contributed by atoms with Gasteiger partial charge >= 0.3 is 0 Å². The molecule has 2 amide bonds. The molecular weight excluding hydrogens is 256 g/mol. The van der Waals surface area contributed by atoms with E-state index in [0.717, 1.165) is 12.2 Å². The van der Waals surface area contributed by atoms with Crippen molar-refractivity contribution in [1.82, 2.24) is 14.8 Å². The lowest BCUT2D eigenvalue weighted by molar-refractivity contribution is -0.122. The minimum atomic E-state index is -0.367. The number of rotatable bonds is 2. The molecule has 0 spiro atoms. The van der Waals surface area contributed by atoms with Crippen LogP contribution in [0.1, 0.15) is 16.2 Å². The zero-order chi connectivity index (χ0) is 14.7. The molecule has 2 rings (SSSR count). The minimum Gasteiger partial charge on any atom is -0.369 e. The monoisotopic (exact) mass is 276 g/mol. The average molecular weight is 276 g/mol. The maximum Gasteiger partial charge on any atom is 0.272 e. The summed E-state index contributed by atoms with van der Waals surface area (Å²) in [5, 5.41) is 0. The van der Waals surface area contributed by atoms with Gasteiger partial charge in [-0.15, -0.1) is 0 Å². The van der Waals surface area contributed by atoms with Crippen LogP contribution in [-0.4, -0.2) is 59.8 Å². The summed E-state index contributed by atoms with van der Waals surface area (Å²) in [5.41, 5.74) is 6.62. The molecule has 1 unspecified atom stereocenters. The van der Waals surface area contributed by atoms with E-state index in [0.29, 0.717) is 25.3 Å². The molecule has 20 heavy (non-hydrogen) atoms. The number of pyridine rings is 1. The third-order valence-electron chi connectivity index (χ3n) is 3.52. The summed E-state index contributed by atoms with van der Waals surface area (Å²) in [4.78, 5) is 31.9. The highest BCUT2D eigenvalue weighted by atomic mass is 16.2. The van der Waals surface area contributed by atoms with Crippen molar-refractivity contribution < 1.29 is 9.59 Å². The number of hydrogen-bond acceptors (Lipinski definition) is 4. The molecule has 1 saturated heterocycles. The lowest BCUT2D eigenvalue weighted by Crippen LogP contribution is -2.40. The summed E-state index contributed by atoms with van der Waals surface area (Å²) in [6.45, 7) is 4.09. The number of aryl methyl sites for hydroxylation is 1. The maximum atomic E-state index is 12.5. The van der Waals surface area contributed by atoms with Crippen molar-refractivity contribution in [3.05, 3.63) is 29.6 Å². The van der Waals surface area contributed by atoms with Crippen LogP contribution in [0.2, 0.25) is 0 Å². The van der Waals surface area contributed by atoms with Crippen LogP contribution < -0.4 is 5.73 Å². The molecule has 6 nitrogen and oxygen atoms in total. The van der Waals surface area contributed by atoms with Gasteiger partial charge in [-0.25, -0.2) is 4.98 Å². The van der Waals surface area contributed by atoms with E-state index in [4.69, 9.17) is 5.73 Å². The van der Waals surface area contributed by atoms with Crippen molar-refractivity contribution in [2.45, 2.75) is 6.92 Å². The summed E-state index contributed by atoms with van der Waals surface area (Å²) in [6.07, 6.45) is 0. The van der Waals surface area contributed by atoms with E-state index in [1.165, 1.54) is 0 Å². The molecule has 1 aliphatic heterocycles. The zero-order valence-electron chi connectivity index (χ0n) is 11.9. The van der Waals surface area contributed by atoms with Gasteiger partial charge < -0.3 is 15.5 Å². The quantitative estimate of drug-likeness (QED) is 0.816. The normalized spacial score (nSPS) is 20.5. The van der Waals surface area contributed by atoms with Crippen molar-refractivity contribution in [3.8, 4) is 0 Å². The fraction of sp³-hybridized carbons (Fsp3) is 0.500. The van der Waals surface area contributed by atoms with Crippen molar-refractivity contribution in [2.24, 2.45) is 11.7 Å². The Morgan fingerprint density at radius 3 is 2.70 bits per heavy atom. The van der Waals surface area contributed by atoms with Gasteiger partial charge in [0, 0.05) is 31.9 Å². The SMILES string of the molecule is Cc1cccc(C(=O)N2CCN(C)CC(C(N)=O)C2)n1. The Morgan fingerprint density at radius 1 is 1.30 bits per heavy atom. The van der Waals surface area contributed by atoms with Gasteiger partial charge in [0.2, 0.25) is 5.91 Å². The van der Waals surface area contributed by atoms with Crippen molar-refractivity contribution in [2.75, 3.05) is 33.2 Å². The minimum absolute atomic E-state index is 0.143. The Balaban J connectivity index is 2.18. The fourth-order valence-electron chi connectivity index (χ4n) is 2.36. The van der Waals surface area contributed by atoms with E-state index in [-0.39, 0.29) is 17.7 Å². The standard InChI is InChI=1S/C14H20N4O2/c1-10-4-3-5-12(16-10)14(20)18-7-6-17(2)8-11(9-18)13(15)19/h3-5,11H,6-9H2,1-2H3,(H2,15,19). The summed E-state index contributed by atoms with van der Waals surface area (Å²) in [6, 6.07) is 5.35. The number of carbonyl (C=O) groups excluding carboxylic acids is 2. The van der Waals surface area contributed by atoms with Crippen LogP contribution in [0, 0.1) is 12.8 Å². The Bertz CT molecular complexity index is 518. The predicted octanol–water partition coefficient (Wildman–Crippen LogP) is -0.121. The summed E-state index contributed by atoms with van der Waals surface area (Å²) < 4.78 is 0. The van der Waals surface area contributed by atoms with E-state index in [1.54, 1.807) is 11.0 Å². The molecule has 108 valence electrons. The number of carbonyl (C=O) groups is 2. The number of nitrogens with two attached hydrogens (primary N) is 1. The smallest absolute Gasteiger partial charge is 0.272 e. The first kappa shape index (κ1) is 14.5. The first-order valence-corrected chi connectivity index (χ1v) is 6.68. The molecule has 2 heterocycles. The van der Waals surface area contributed by atoms with E-state index in [1.807, 2.05) is 31.0 Å². The van der Waals surface area contributed by atoms with Crippen LogP contribution in [0.4, 0.5) is 0 Å². The molecule has 0 aliphatic carbocycles. The molecule has 6 heteroatoms. The molecule has 0 saturated carbocycles. The molecule has 1 fully saturated rings. The first-order chi connectivity index (χ1) is 9.47. The molecule has 0 radical (unpaired) electrons. The van der Waals surface area contributed by atoms with Gasteiger partial charge in [-0.05, 0) is 26.1 Å². The fourth-order valence-corrected chi connectivity index (χ4v) is 2.36. The third-order valence-corrected chi connectivity index (χ3v) is 3.52. The van der Waals surface area contributed by atoms with E-state index in [9.17, 15) is 9.59 Å². The van der Waals surface area contributed by atoms with E-state index in [2.05, 4.69) is 4.98 Å². The number of primary amides is 1. The maximum absolute atomic E-state index is 12.5. The Morgan fingerprint density at radius 2 is 2.05 bits per heavy atom. The number of nitrogens with zero attached hydrogens (tertiary/aromatic N) is 3. The summed E-state index contributed by atoms with van der Waals surface area (Å²) in [7, 11) is 1.93. The number of aromatic nitrogens is 1. The van der Waals surface area contributed by atoms with Gasteiger partial charge in [0.05, 0.1) is 5.92 Å². The molecular formula is C14H20N4O2. The van der Waals surface area contributed by atoms with Gasteiger partial charge in [-0.1, -0.05) is 6.07 Å². The van der Waals surface area contributed by atoms with Crippen molar-refractivity contribution in [1.29, 1.82) is 0 Å². The van der Waals surface area contributed by atoms with Crippen LogP contribution in [0.25, 0.3) is 0 Å². The lowest BCUT2D eigenvalue weighted by atomic mass is 10.1. The second kappa shape index (κ2) is 6.00. The Labute approximate surface area is 118 Å². The van der Waals surface area contributed by atoms with Crippen LogP contribution in [-0.2, 0) is 4.79 Å². The highest BCUT2D eigenvalue weighted by molar-refractivity contribution is 5.92. The first-order valence-electron chi connectivity index (χ1n) is 6.68. The second-order valence-corrected chi connectivity index (χ2v) is 5.28. The predicted molar refractivity (Wildman–Crippen MR) is 75.1 cm³/mol. The topological polar surface area (TPSA) is 79.5 Å². The molecule has 2 N–H and O–H groups in total. The van der Waals surface area contributed by atoms with Gasteiger partial charge in [-0.2, -0.15) is 0 Å². The number of likely N-dealkylation sites (N-methyl/N-ethyl adjacent to an activating group) is 1. The van der Waals surface area contributed by atoms with E-state index < -0.39 is 0 Å². The lowest BCUT2D eigenvalue weighted by Gasteiger charge is -2.22. The largest absolute Gasteiger partial charge is 0.369 e. The van der Waals surface area contributed by atoms with Crippen LogP contribution in [0.15, 0.2) is 18.2 Å². The average Bonchev–Trinajstić information content (AvgIpc) is 2.60. The molecule has 0 bridgehead atoms. The molecule has 0 aromatic carbocycles. The van der Waals surface area contributed by atoms with Crippen LogP contribution >= 0.6 is 0 Å². The number of amides is 2. The Kier molecular flexibility index (Phi) is 4.34. The van der Waals surface area contributed by atoms with Gasteiger partial charge in [-0.3, -0.25) is 9.59 Å². The van der Waals surface area contributed by atoms with Gasteiger partial charge in [0.15, 0.2) is 0 Å². The molecule has 1 aromatic rings. The Hall–Kier alpha value is -1.95. The van der Waals surface area contributed by atoms with Gasteiger partial charge in [0.1, 0.15) is 5.69 Å². The van der Waals surface area contributed by atoms with Crippen LogP contribution in [0.3, 0.4) is 0 Å². The molecule has 1 atom stereocenters. The third kappa shape index (κ3) is 3.33. The van der Waals surface area contributed by atoms with E-state index >= 15 is 0 Å². The zero-order valence-corrected chi connectivity index (χ0v) is 11.9. The second-order valence-electron chi connectivity index (χ2n) is 5.28. The highest BCUT2D eigenvalue weighted by Crippen LogP contribution is 2.11. The molecule has 1 aliphatic rings.